The van der Waals surface area contributed by atoms with E-state index in [1.807, 2.05) is 37.3 Å². The number of sulfonamides is 1. The topological polar surface area (TPSA) is 86.8 Å². The van der Waals surface area contributed by atoms with Gasteiger partial charge >= 0.3 is 0 Å². The number of anilines is 1. The Hall–Kier alpha value is -3.27. The fourth-order valence-corrected chi connectivity index (χ4v) is 7.93. The molecule has 0 bridgehead atoms. The van der Waals surface area contributed by atoms with Crippen molar-refractivity contribution in [2.75, 3.05) is 10.8 Å². The number of rotatable bonds is 12. The van der Waals surface area contributed by atoms with Gasteiger partial charge in [0.2, 0.25) is 11.8 Å². The Kier molecular flexibility index (Phi) is 12.0. The molecule has 1 saturated carbocycles. The van der Waals surface area contributed by atoms with Crippen molar-refractivity contribution in [1.29, 1.82) is 0 Å². The quantitative estimate of drug-likeness (QED) is 0.158. The lowest BCUT2D eigenvalue weighted by Gasteiger charge is -2.34. The number of nitrogens with zero attached hydrogens (tertiary/aromatic N) is 2. The molecule has 12 heteroatoms. The molecule has 0 aliphatic heterocycles. The number of carbonyl (C=O) groups is 2. The molecule has 252 valence electrons. The summed E-state index contributed by atoms with van der Waals surface area (Å²) < 4.78 is 29.5. The van der Waals surface area contributed by atoms with Gasteiger partial charge in [0, 0.05) is 29.1 Å². The average molecular weight is 748 g/mol. The van der Waals surface area contributed by atoms with Gasteiger partial charge in [0.25, 0.3) is 10.0 Å². The molecule has 0 saturated heterocycles. The Balaban J connectivity index is 1.59. The number of halogens is 4. The summed E-state index contributed by atoms with van der Waals surface area (Å²) in [6.07, 6.45) is 3.90. The van der Waals surface area contributed by atoms with Crippen molar-refractivity contribution in [3.05, 3.63) is 128 Å². The summed E-state index contributed by atoms with van der Waals surface area (Å²) in [5.41, 5.74) is 2.38. The molecule has 7 nitrogen and oxygen atoms in total. The van der Waals surface area contributed by atoms with Gasteiger partial charge in [0.05, 0.1) is 20.6 Å². The van der Waals surface area contributed by atoms with E-state index >= 15 is 0 Å². The molecule has 5 rings (SSSR count). The first-order chi connectivity index (χ1) is 22.9. The minimum atomic E-state index is -4.30. The van der Waals surface area contributed by atoms with Crippen LogP contribution in [0.2, 0.25) is 20.1 Å². The standard InChI is InChI=1S/C36H35Cl4N3O4S/c1-24-11-16-30(17-12-24)48(46,47)43(29-15-18-31(38)33(40)21-29)23-35(44)42(22-26-13-14-27(37)20-32(26)39)34(19-25-7-3-2-4-8-25)36(45)41-28-9-5-6-10-28/h2-4,7-8,11-18,20-21,28,34H,5-6,9-10,19,22-23H2,1H3,(H,41,45)/t34-/m0/s1. The van der Waals surface area contributed by atoms with Gasteiger partial charge in [-0.15, -0.1) is 0 Å². The van der Waals surface area contributed by atoms with Crippen LogP contribution in [-0.4, -0.2) is 43.8 Å². The predicted molar refractivity (Wildman–Crippen MR) is 194 cm³/mol. The zero-order valence-electron chi connectivity index (χ0n) is 26.2. The maximum Gasteiger partial charge on any atom is 0.264 e. The van der Waals surface area contributed by atoms with Gasteiger partial charge in [-0.25, -0.2) is 8.42 Å². The van der Waals surface area contributed by atoms with Crippen molar-refractivity contribution in [2.24, 2.45) is 0 Å². The maximum absolute atomic E-state index is 14.7. The number of aryl methyl sites for hydroxylation is 1. The monoisotopic (exact) mass is 745 g/mol. The minimum Gasteiger partial charge on any atom is -0.352 e. The first kappa shape index (κ1) is 36.0. The van der Waals surface area contributed by atoms with E-state index in [1.54, 1.807) is 30.3 Å². The fraction of sp³-hybridized carbons (Fsp3) is 0.278. The van der Waals surface area contributed by atoms with Crippen LogP contribution in [0.25, 0.3) is 0 Å². The summed E-state index contributed by atoms with van der Waals surface area (Å²) in [6.45, 7) is 1.13. The summed E-state index contributed by atoms with van der Waals surface area (Å²) in [5.74, 6) is -0.947. The van der Waals surface area contributed by atoms with E-state index < -0.39 is 28.5 Å². The van der Waals surface area contributed by atoms with Crippen LogP contribution in [0.1, 0.15) is 42.4 Å². The lowest BCUT2D eigenvalue weighted by molar-refractivity contribution is -0.140. The molecule has 0 aromatic heterocycles. The second-order valence-corrected chi connectivity index (χ2v) is 15.4. The maximum atomic E-state index is 14.7. The third-order valence-electron chi connectivity index (χ3n) is 8.41. The van der Waals surface area contributed by atoms with Crippen LogP contribution in [0.4, 0.5) is 5.69 Å². The normalized spacial score (nSPS) is 14.0. The van der Waals surface area contributed by atoms with Crippen LogP contribution in [0, 0.1) is 6.92 Å². The van der Waals surface area contributed by atoms with E-state index in [4.69, 9.17) is 46.4 Å². The van der Waals surface area contributed by atoms with Gasteiger partial charge in [0.1, 0.15) is 12.6 Å². The first-order valence-electron chi connectivity index (χ1n) is 15.5. The highest BCUT2D eigenvalue weighted by Crippen LogP contribution is 2.32. The van der Waals surface area contributed by atoms with Gasteiger partial charge < -0.3 is 10.2 Å². The molecule has 1 N–H and O–H groups in total. The molecule has 1 aliphatic carbocycles. The molecular formula is C36H35Cl4N3O4S. The number of carbonyl (C=O) groups excluding carboxylic acids is 2. The first-order valence-corrected chi connectivity index (χ1v) is 18.5. The zero-order chi connectivity index (χ0) is 34.4. The number of hydrogen-bond acceptors (Lipinski definition) is 4. The van der Waals surface area contributed by atoms with Gasteiger partial charge in [0.15, 0.2) is 0 Å². The van der Waals surface area contributed by atoms with Crippen LogP contribution in [0.3, 0.4) is 0 Å². The van der Waals surface area contributed by atoms with E-state index in [0.29, 0.717) is 15.6 Å². The molecule has 0 spiro atoms. The lowest BCUT2D eigenvalue weighted by Crippen LogP contribution is -2.54. The van der Waals surface area contributed by atoms with Crippen LogP contribution >= 0.6 is 46.4 Å². The van der Waals surface area contributed by atoms with Gasteiger partial charge in [-0.3, -0.25) is 13.9 Å². The molecule has 1 aliphatic rings. The summed E-state index contributed by atoms with van der Waals surface area (Å²) in [4.78, 5) is 30.2. The Morgan fingerprint density at radius 2 is 1.52 bits per heavy atom. The predicted octanol–water partition coefficient (Wildman–Crippen LogP) is 8.50. The van der Waals surface area contributed by atoms with Crippen molar-refractivity contribution < 1.29 is 18.0 Å². The van der Waals surface area contributed by atoms with Crippen molar-refractivity contribution in [3.63, 3.8) is 0 Å². The van der Waals surface area contributed by atoms with E-state index in [9.17, 15) is 18.0 Å². The Morgan fingerprint density at radius 1 is 0.833 bits per heavy atom. The highest BCUT2D eigenvalue weighted by atomic mass is 35.5. The Bertz CT molecular complexity index is 1870. The zero-order valence-corrected chi connectivity index (χ0v) is 30.1. The highest BCUT2D eigenvalue weighted by molar-refractivity contribution is 7.92. The second kappa shape index (κ2) is 16.0. The van der Waals surface area contributed by atoms with Crippen LogP contribution in [-0.2, 0) is 32.6 Å². The van der Waals surface area contributed by atoms with Crippen molar-refractivity contribution in [3.8, 4) is 0 Å². The number of nitrogens with one attached hydrogen (secondary N) is 1. The Morgan fingerprint density at radius 3 is 2.17 bits per heavy atom. The van der Waals surface area contributed by atoms with Crippen LogP contribution in [0.5, 0.6) is 0 Å². The number of hydrogen-bond donors (Lipinski definition) is 1. The summed E-state index contributed by atoms with van der Waals surface area (Å²) in [7, 11) is -4.30. The number of amides is 2. The molecular weight excluding hydrogens is 712 g/mol. The van der Waals surface area contributed by atoms with Gasteiger partial charge in [-0.1, -0.05) is 113 Å². The smallest absolute Gasteiger partial charge is 0.264 e. The molecule has 0 radical (unpaired) electrons. The number of benzene rings is 4. The van der Waals surface area contributed by atoms with E-state index in [1.165, 1.54) is 35.2 Å². The van der Waals surface area contributed by atoms with Gasteiger partial charge in [-0.2, -0.15) is 0 Å². The molecule has 1 fully saturated rings. The van der Waals surface area contributed by atoms with E-state index in [-0.39, 0.29) is 45.5 Å². The molecule has 2 amide bonds. The largest absolute Gasteiger partial charge is 0.352 e. The third kappa shape index (κ3) is 8.84. The van der Waals surface area contributed by atoms with Crippen molar-refractivity contribution in [1.82, 2.24) is 10.2 Å². The van der Waals surface area contributed by atoms with Gasteiger partial charge in [-0.05, 0) is 73.4 Å². The molecule has 4 aromatic carbocycles. The molecule has 0 unspecified atom stereocenters. The second-order valence-electron chi connectivity index (χ2n) is 11.9. The van der Waals surface area contributed by atoms with E-state index in [0.717, 1.165) is 41.1 Å². The summed E-state index contributed by atoms with van der Waals surface area (Å²) >= 11 is 25.3. The molecule has 1 atom stereocenters. The fourth-order valence-electron chi connectivity index (χ4n) is 5.76. The molecule has 0 heterocycles. The molecule has 48 heavy (non-hydrogen) atoms. The highest BCUT2D eigenvalue weighted by Gasteiger charge is 2.36. The minimum absolute atomic E-state index is 0.0125. The van der Waals surface area contributed by atoms with Crippen LogP contribution < -0.4 is 9.62 Å². The van der Waals surface area contributed by atoms with Crippen LogP contribution in [0.15, 0.2) is 95.9 Å². The Labute approximate surface area is 301 Å². The van der Waals surface area contributed by atoms with Crippen molar-refractivity contribution in [2.45, 2.75) is 62.6 Å². The SMILES string of the molecule is Cc1ccc(S(=O)(=O)N(CC(=O)N(Cc2ccc(Cl)cc2Cl)[C@@H](Cc2ccccc2)C(=O)NC2CCCC2)c2ccc(Cl)c(Cl)c2)cc1. The van der Waals surface area contributed by atoms with E-state index in [2.05, 4.69) is 5.32 Å². The summed E-state index contributed by atoms with van der Waals surface area (Å²) in [5, 5.41) is 4.22. The average Bonchev–Trinajstić information content (AvgIpc) is 3.57. The summed E-state index contributed by atoms with van der Waals surface area (Å²) in [6, 6.07) is 24.0. The lowest BCUT2D eigenvalue weighted by atomic mass is 10.0. The third-order valence-corrected chi connectivity index (χ3v) is 11.5. The van der Waals surface area contributed by atoms with Crippen molar-refractivity contribution >= 4 is 73.9 Å². The molecule has 4 aromatic rings.